The number of likely N-dealkylation sites (N-methyl/N-ethyl adjacent to an activating group) is 1. The summed E-state index contributed by atoms with van der Waals surface area (Å²) in [4.78, 5) is 11.9. The lowest BCUT2D eigenvalue weighted by Gasteiger charge is -2.16. The summed E-state index contributed by atoms with van der Waals surface area (Å²) in [5.41, 5.74) is 2.53. The molecule has 0 saturated carbocycles. The first-order valence-electron chi connectivity index (χ1n) is 7.50. The first-order chi connectivity index (χ1) is 12.2. The molecule has 0 heterocycles. The third-order valence-corrected chi connectivity index (χ3v) is 5.30. The number of carbonyl (C=O) groups is 1. The molecule has 0 aliphatic carbocycles. The normalized spacial score (nSPS) is 11.9. The Labute approximate surface area is 150 Å². The number of benzene rings is 2. The Morgan fingerprint density at radius 3 is 2.31 bits per heavy atom. The van der Waals surface area contributed by atoms with Crippen molar-refractivity contribution in [3.63, 3.8) is 0 Å². The molecule has 9 heteroatoms. The predicted octanol–water partition coefficient (Wildman–Crippen LogP) is 2.04. The zero-order valence-corrected chi connectivity index (χ0v) is 14.9. The molecule has 0 radical (unpaired) electrons. The van der Waals surface area contributed by atoms with Crippen LogP contribution in [0.3, 0.4) is 0 Å². The summed E-state index contributed by atoms with van der Waals surface area (Å²) in [5, 5.41) is 3.46. The van der Waals surface area contributed by atoms with Crippen LogP contribution in [0.5, 0.6) is 0 Å². The van der Waals surface area contributed by atoms with Crippen LogP contribution in [-0.2, 0) is 14.8 Å². The van der Waals surface area contributed by atoms with E-state index in [1.165, 1.54) is 25.2 Å². The van der Waals surface area contributed by atoms with Gasteiger partial charge in [0.1, 0.15) is 11.6 Å². The Kier molecular flexibility index (Phi) is 6.17. The van der Waals surface area contributed by atoms with Gasteiger partial charge >= 0.3 is 0 Å². The Morgan fingerprint density at radius 2 is 1.73 bits per heavy atom. The van der Waals surface area contributed by atoms with Crippen LogP contribution in [0.25, 0.3) is 0 Å². The van der Waals surface area contributed by atoms with E-state index in [0.717, 1.165) is 28.2 Å². The summed E-state index contributed by atoms with van der Waals surface area (Å²) in [6, 6.07) is 9.48. The lowest BCUT2D eigenvalue weighted by Crippen LogP contribution is -2.36. The molecule has 1 N–H and O–H groups in total. The maximum Gasteiger partial charge on any atom is 0.255 e. The van der Waals surface area contributed by atoms with Gasteiger partial charge in [0.2, 0.25) is 10.0 Å². The summed E-state index contributed by atoms with van der Waals surface area (Å²) in [5.74, 6) is -2.42. The quantitative estimate of drug-likeness (QED) is 0.614. The topological polar surface area (TPSA) is 78.8 Å². The molecule has 26 heavy (non-hydrogen) atoms. The average molecular weight is 381 g/mol. The number of hydrogen-bond donors (Lipinski definition) is 1. The summed E-state index contributed by atoms with van der Waals surface area (Å²) < 4.78 is 52.4. The fourth-order valence-corrected chi connectivity index (χ4v) is 3.14. The zero-order chi connectivity index (χ0) is 19.3. The number of halogens is 2. The van der Waals surface area contributed by atoms with Crippen molar-refractivity contribution in [1.29, 1.82) is 0 Å². The number of hydrogen-bond acceptors (Lipinski definition) is 4. The van der Waals surface area contributed by atoms with Gasteiger partial charge in [-0.3, -0.25) is 4.79 Å². The summed E-state index contributed by atoms with van der Waals surface area (Å²) in [7, 11) is -2.60. The van der Waals surface area contributed by atoms with Crippen LogP contribution in [0.2, 0.25) is 0 Å². The lowest BCUT2D eigenvalue weighted by molar-refractivity contribution is -0.121. The third kappa shape index (κ3) is 4.70. The molecular weight excluding hydrogens is 364 g/mol. The molecule has 0 saturated heterocycles. The molecule has 1 amide bonds. The summed E-state index contributed by atoms with van der Waals surface area (Å²) >= 11 is 0. The van der Waals surface area contributed by atoms with Crippen molar-refractivity contribution in [2.45, 2.75) is 11.8 Å². The van der Waals surface area contributed by atoms with Crippen molar-refractivity contribution in [1.82, 2.24) is 9.73 Å². The largest absolute Gasteiger partial charge is 0.272 e. The maximum absolute atomic E-state index is 13.4. The van der Waals surface area contributed by atoms with Gasteiger partial charge in [0.25, 0.3) is 5.91 Å². The standard InChI is InChI=1S/C17H17F2N3O3S/c1-12-6-8-13(9-7-12)26(24,25)22(2)11-17(23)21-20-10-14-15(18)4-3-5-16(14)19/h3-10H,11H2,1-2H3,(H,21,23)/b20-10+. The van der Waals surface area contributed by atoms with E-state index in [0.29, 0.717) is 0 Å². The number of nitrogens with one attached hydrogen (secondary N) is 1. The number of carbonyl (C=O) groups excluding carboxylic acids is 1. The van der Waals surface area contributed by atoms with E-state index in [2.05, 4.69) is 5.10 Å². The molecule has 0 fully saturated rings. The van der Waals surface area contributed by atoms with E-state index in [4.69, 9.17) is 0 Å². The molecule has 0 atom stereocenters. The monoisotopic (exact) mass is 381 g/mol. The van der Waals surface area contributed by atoms with Gasteiger partial charge in [-0.25, -0.2) is 22.6 Å². The molecule has 2 aromatic carbocycles. The highest BCUT2D eigenvalue weighted by Crippen LogP contribution is 2.14. The van der Waals surface area contributed by atoms with Gasteiger partial charge in [0.15, 0.2) is 0 Å². The second kappa shape index (κ2) is 8.15. The number of aryl methyl sites for hydroxylation is 1. The Balaban J connectivity index is 2.01. The van der Waals surface area contributed by atoms with Gasteiger partial charge in [-0.15, -0.1) is 0 Å². The highest BCUT2D eigenvalue weighted by molar-refractivity contribution is 7.89. The van der Waals surface area contributed by atoms with Crippen molar-refractivity contribution in [3.8, 4) is 0 Å². The molecule has 0 aliphatic rings. The zero-order valence-electron chi connectivity index (χ0n) is 14.1. The van der Waals surface area contributed by atoms with Crippen LogP contribution < -0.4 is 5.43 Å². The number of nitrogens with zero attached hydrogens (tertiary/aromatic N) is 2. The van der Waals surface area contributed by atoms with Crippen molar-refractivity contribution in [2.75, 3.05) is 13.6 Å². The molecule has 0 spiro atoms. The van der Waals surface area contributed by atoms with E-state index >= 15 is 0 Å². The Bertz CT molecular complexity index is 909. The molecular formula is C17H17F2N3O3S. The van der Waals surface area contributed by atoms with Gasteiger partial charge < -0.3 is 0 Å². The minimum atomic E-state index is -3.84. The van der Waals surface area contributed by atoms with Gasteiger partial charge in [0, 0.05) is 7.05 Å². The van der Waals surface area contributed by atoms with E-state index in [9.17, 15) is 22.0 Å². The van der Waals surface area contributed by atoms with Crippen molar-refractivity contribution >= 4 is 22.1 Å². The van der Waals surface area contributed by atoms with E-state index < -0.39 is 39.7 Å². The van der Waals surface area contributed by atoms with Crippen LogP contribution in [0.1, 0.15) is 11.1 Å². The third-order valence-electron chi connectivity index (χ3n) is 3.48. The molecule has 0 bridgehead atoms. The van der Waals surface area contributed by atoms with E-state index in [1.807, 2.05) is 12.3 Å². The first-order valence-corrected chi connectivity index (χ1v) is 8.95. The van der Waals surface area contributed by atoms with Crippen LogP contribution in [-0.4, -0.2) is 38.4 Å². The van der Waals surface area contributed by atoms with Gasteiger partial charge in [0.05, 0.1) is 23.2 Å². The second-order valence-corrected chi connectivity index (χ2v) is 7.55. The van der Waals surface area contributed by atoms with Crippen molar-refractivity contribution in [2.24, 2.45) is 5.10 Å². The van der Waals surface area contributed by atoms with E-state index in [-0.39, 0.29) is 4.90 Å². The van der Waals surface area contributed by atoms with Crippen LogP contribution in [0, 0.1) is 18.6 Å². The first kappa shape index (κ1) is 19.7. The second-order valence-electron chi connectivity index (χ2n) is 5.50. The van der Waals surface area contributed by atoms with Crippen molar-refractivity contribution in [3.05, 3.63) is 65.2 Å². The van der Waals surface area contributed by atoms with Crippen LogP contribution in [0.4, 0.5) is 8.78 Å². The number of amides is 1. The fraction of sp³-hybridized carbons (Fsp3) is 0.176. The van der Waals surface area contributed by atoms with Gasteiger partial charge in [-0.2, -0.15) is 9.41 Å². The highest BCUT2D eigenvalue weighted by Gasteiger charge is 2.22. The molecule has 2 aromatic rings. The molecule has 0 unspecified atom stereocenters. The SMILES string of the molecule is Cc1ccc(S(=O)(=O)N(C)CC(=O)N/N=C/c2c(F)cccc2F)cc1. The molecule has 138 valence electrons. The van der Waals surface area contributed by atoms with Gasteiger partial charge in [-0.05, 0) is 31.2 Å². The van der Waals surface area contributed by atoms with Crippen LogP contribution in [0.15, 0.2) is 52.5 Å². The van der Waals surface area contributed by atoms with Crippen molar-refractivity contribution < 1.29 is 22.0 Å². The highest BCUT2D eigenvalue weighted by atomic mass is 32.2. The van der Waals surface area contributed by atoms with Gasteiger partial charge in [-0.1, -0.05) is 23.8 Å². The fourth-order valence-electron chi connectivity index (χ4n) is 2.02. The lowest BCUT2D eigenvalue weighted by atomic mass is 10.2. The Hall–Kier alpha value is -2.65. The number of hydrazone groups is 1. The summed E-state index contributed by atoms with van der Waals surface area (Å²) in [6.07, 6.45) is 0.817. The maximum atomic E-state index is 13.4. The number of sulfonamides is 1. The summed E-state index contributed by atoms with van der Waals surface area (Å²) in [6.45, 7) is 1.32. The predicted molar refractivity (Wildman–Crippen MR) is 93.1 cm³/mol. The van der Waals surface area contributed by atoms with Crippen LogP contribution >= 0.6 is 0 Å². The molecule has 6 nitrogen and oxygen atoms in total. The smallest absolute Gasteiger partial charge is 0.255 e. The minimum absolute atomic E-state index is 0.0512. The average Bonchev–Trinajstić information content (AvgIpc) is 2.58. The minimum Gasteiger partial charge on any atom is -0.272 e. The van der Waals surface area contributed by atoms with E-state index in [1.54, 1.807) is 12.1 Å². The molecule has 0 aliphatic heterocycles. The molecule has 2 rings (SSSR count). The number of rotatable bonds is 6. The Morgan fingerprint density at radius 1 is 1.15 bits per heavy atom. The molecule has 0 aromatic heterocycles.